The van der Waals surface area contributed by atoms with Gasteiger partial charge in [-0.15, -0.1) is 0 Å². The van der Waals surface area contributed by atoms with Gasteiger partial charge in [-0.3, -0.25) is 14.6 Å². The second-order valence-electron chi connectivity index (χ2n) is 6.52. The Kier molecular flexibility index (Phi) is 4.84. The number of rotatable bonds is 5. The molecule has 26 heavy (non-hydrogen) atoms. The van der Waals surface area contributed by atoms with Crippen LogP contribution in [-0.4, -0.2) is 26.7 Å². The van der Waals surface area contributed by atoms with Gasteiger partial charge in [0, 0.05) is 24.9 Å². The van der Waals surface area contributed by atoms with Gasteiger partial charge in [0.1, 0.15) is 5.82 Å². The van der Waals surface area contributed by atoms with E-state index in [0.717, 1.165) is 0 Å². The fourth-order valence-corrected chi connectivity index (χ4v) is 3.06. The molecule has 5 nitrogen and oxygen atoms in total. The van der Waals surface area contributed by atoms with E-state index in [9.17, 15) is 19.1 Å². The molecule has 1 aliphatic rings. The van der Waals surface area contributed by atoms with Gasteiger partial charge in [0.25, 0.3) is 5.91 Å². The summed E-state index contributed by atoms with van der Waals surface area (Å²) >= 11 is 0. The van der Waals surface area contributed by atoms with E-state index in [1.54, 1.807) is 50.5 Å². The Morgan fingerprint density at radius 2 is 1.81 bits per heavy atom. The highest BCUT2D eigenvalue weighted by Crippen LogP contribution is 2.39. The van der Waals surface area contributed by atoms with Crippen LogP contribution in [0.4, 0.5) is 4.39 Å². The van der Waals surface area contributed by atoms with Gasteiger partial charge in [-0.2, -0.15) is 0 Å². The molecule has 1 unspecified atom stereocenters. The zero-order valence-corrected chi connectivity index (χ0v) is 14.5. The Balaban J connectivity index is 2.04. The quantitative estimate of drug-likeness (QED) is 0.894. The molecular formula is C20H19FN2O3. The lowest BCUT2D eigenvalue weighted by Gasteiger charge is -2.27. The molecule has 0 radical (unpaired) electrons. The van der Waals surface area contributed by atoms with E-state index in [0.29, 0.717) is 11.1 Å². The molecule has 0 bridgehead atoms. The summed E-state index contributed by atoms with van der Waals surface area (Å²) in [5.41, 5.74) is 1.48. The van der Waals surface area contributed by atoms with Crippen molar-refractivity contribution < 1.29 is 19.1 Å². The second-order valence-corrected chi connectivity index (χ2v) is 6.52. The van der Waals surface area contributed by atoms with Crippen LogP contribution in [0.25, 0.3) is 0 Å². The van der Waals surface area contributed by atoms with Crippen LogP contribution in [0.15, 0.2) is 60.1 Å². The number of pyridine rings is 1. The van der Waals surface area contributed by atoms with Crippen LogP contribution in [-0.2, 0) is 16.1 Å². The molecular weight excluding hydrogens is 335 g/mol. The van der Waals surface area contributed by atoms with E-state index in [1.807, 2.05) is 0 Å². The van der Waals surface area contributed by atoms with Crippen molar-refractivity contribution in [3.8, 4) is 0 Å². The Hall–Kier alpha value is -3.02. The Morgan fingerprint density at radius 1 is 1.19 bits per heavy atom. The maximum absolute atomic E-state index is 13.2. The fraction of sp³-hybridized carbons (Fsp3) is 0.250. The first kappa shape index (κ1) is 17.8. The van der Waals surface area contributed by atoms with E-state index in [-0.39, 0.29) is 29.6 Å². The summed E-state index contributed by atoms with van der Waals surface area (Å²) in [6.07, 6.45) is 3.14. The number of aliphatic hydroxyl groups excluding tert-OH is 1. The predicted molar refractivity (Wildman–Crippen MR) is 93.4 cm³/mol. The number of carbonyl (C=O) groups excluding carboxylic acids is 2. The third-order valence-corrected chi connectivity index (χ3v) is 4.38. The van der Waals surface area contributed by atoms with E-state index in [2.05, 4.69) is 4.98 Å². The van der Waals surface area contributed by atoms with Crippen molar-refractivity contribution in [3.05, 3.63) is 77.1 Å². The average molecular weight is 354 g/mol. The summed E-state index contributed by atoms with van der Waals surface area (Å²) in [4.78, 5) is 30.7. The van der Waals surface area contributed by atoms with Gasteiger partial charge in [-0.1, -0.05) is 26.0 Å². The number of halogens is 1. The van der Waals surface area contributed by atoms with Gasteiger partial charge in [-0.25, -0.2) is 4.39 Å². The lowest BCUT2D eigenvalue weighted by atomic mass is 9.91. The minimum atomic E-state index is -0.703. The third-order valence-electron chi connectivity index (χ3n) is 4.38. The monoisotopic (exact) mass is 354 g/mol. The molecule has 2 heterocycles. The first-order valence-corrected chi connectivity index (χ1v) is 8.32. The zero-order chi connectivity index (χ0) is 18.8. The number of aromatic nitrogens is 1. The molecule has 134 valence electrons. The number of benzene rings is 1. The van der Waals surface area contributed by atoms with Gasteiger partial charge >= 0.3 is 0 Å². The molecule has 0 fully saturated rings. The van der Waals surface area contributed by atoms with Gasteiger partial charge in [0.05, 0.1) is 11.6 Å². The van der Waals surface area contributed by atoms with Crippen LogP contribution in [0, 0.1) is 11.7 Å². The Labute approximate surface area is 150 Å². The third kappa shape index (κ3) is 3.22. The second kappa shape index (κ2) is 7.07. The highest BCUT2D eigenvalue weighted by Gasteiger charge is 2.43. The molecule has 1 atom stereocenters. The molecule has 3 rings (SSSR count). The largest absolute Gasteiger partial charge is 0.503 e. The molecule has 1 aliphatic heterocycles. The standard InChI is InChI=1S/C20H19FN2O3/c1-12(2)18(24)16-17(14-7-9-22-10-8-14)23(20(26)19(16)25)11-13-3-5-15(21)6-4-13/h3-10,12,17,25H,11H2,1-2H3. The van der Waals surface area contributed by atoms with Crippen molar-refractivity contribution in [2.75, 3.05) is 0 Å². The lowest BCUT2D eigenvalue weighted by Crippen LogP contribution is -2.31. The van der Waals surface area contributed by atoms with Gasteiger partial charge in [0.15, 0.2) is 11.5 Å². The number of carbonyl (C=O) groups is 2. The molecule has 1 aromatic carbocycles. The number of hydrogen-bond acceptors (Lipinski definition) is 4. The van der Waals surface area contributed by atoms with Crippen molar-refractivity contribution in [1.29, 1.82) is 0 Å². The Bertz CT molecular complexity index is 860. The molecule has 2 aromatic rings. The summed E-state index contributed by atoms with van der Waals surface area (Å²) < 4.78 is 13.2. The highest BCUT2D eigenvalue weighted by molar-refractivity contribution is 6.09. The summed E-state index contributed by atoms with van der Waals surface area (Å²) in [6, 6.07) is 8.49. The number of hydrogen-bond donors (Lipinski definition) is 1. The van der Waals surface area contributed by atoms with Crippen molar-refractivity contribution in [1.82, 2.24) is 9.88 Å². The van der Waals surface area contributed by atoms with Crippen LogP contribution in [0.2, 0.25) is 0 Å². The van der Waals surface area contributed by atoms with Crippen LogP contribution in [0.3, 0.4) is 0 Å². The molecule has 0 saturated carbocycles. The maximum Gasteiger partial charge on any atom is 0.290 e. The molecule has 1 aromatic heterocycles. The van der Waals surface area contributed by atoms with E-state index >= 15 is 0 Å². The van der Waals surface area contributed by atoms with Crippen LogP contribution >= 0.6 is 0 Å². The van der Waals surface area contributed by atoms with Gasteiger partial charge < -0.3 is 10.0 Å². The smallest absolute Gasteiger partial charge is 0.290 e. The number of ketones is 1. The van der Waals surface area contributed by atoms with Gasteiger partial charge in [-0.05, 0) is 35.4 Å². The first-order valence-electron chi connectivity index (χ1n) is 8.32. The molecule has 6 heteroatoms. The summed E-state index contributed by atoms with van der Waals surface area (Å²) in [7, 11) is 0. The topological polar surface area (TPSA) is 70.5 Å². The van der Waals surface area contributed by atoms with E-state index in [4.69, 9.17) is 0 Å². The highest BCUT2D eigenvalue weighted by atomic mass is 19.1. The van der Waals surface area contributed by atoms with E-state index in [1.165, 1.54) is 17.0 Å². The Morgan fingerprint density at radius 3 is 2.38 bits per heavy atom. The number of amides is 1. The molecule has 1 amide bonds. The minimum absolute atomic E-state index is 0.0957. The van der Waals surface area contributed by atoms with Gasteiger partial charge in [0.2, 0.25) is 0 Å². The maximum atomic E-state index is 13.2. The molecule has 0 spiro atoms. The zero-order valence-electron chi connectivity index (χ0n) is 14.5. The molecule has 0 aliphatic carbocycles. The fourth-order valence-electron chi connectivity index (χ4n) is 3.06. The van der Waals surface area contributed by atoms with Crippen LogP contribution in [0.5, 0.6) is 0 Å². The average Bonchev–Trinajstić information content (AvgIpc) is 2.88. The first-order chi connectivity index (χ1) is 12.4. The van der Waals surface area contributed by atoms with Crippen molar-refractivity contribution in [2.24, 2.45) is 5.92 Å². The normalized spacial score (nSPS) is 17.3. The van der Waals surface area contributed by atoms with Crippen molar-refractivity contribution in [2.45, 2.75) is 26.4 Å². The number of nitrogens with zero attached hydrogens (tertiary/aromatic N) is 2. The van der Waals surface area contributed by atoms with Crippen LogP contribution in [0.1, 0.15) is 31.0 Å². The predicted octanol–water partition coefficient (Wildman–Crippen LogP) is 3.34. The lowest BCUT2D eigenvalue weighted by molar-refractivity contribution is -0.130. The summed E-state index contributed by atoms with van der Waals surface area (Å²) in [6.45, 7) is 3.59. The molecule has 1 N–H and O–H groups in total. The summed E-state index contributed by atoms with van der Waals surface area (Å²) in [5.74, 6) is -2.15. The molecule has 0 saturated heterocycles. The van der Waals surface area contributed by atoms with E-state index < -0.39 is 17.7 Å². The van der Waals surface area contributed by atoms with Crippen molar-refractivity contribution >= 4 is 11.7 Å². The summed E-state index contributed by atoms with van der Waals surface area (Å²) in [5, 5.41) is 10.4. The van der Waals surface area contributed by atoms with Crippen molar-refractivity contribution in [3.63, 3.8) is 0 Å². The van der Waals surface area contributed by atoms with Crippen LogP contribution < -0.4 is 0 Å². The number of aliphatic hydroxyl groups is 1. The number of Topliss-reactive ketones (excluding diaryl/α,β-unsaturated/α-hetero) is 1. The minimum Gasteiger partial charge on any atom is -0.503 e. The SMILES string of the molecule is CC(C)C(=O)C1=C(O)C(=O)N(Cc2ccc(F)cc2)C1c1ccncc1.